The van der Waals surface area contributed by atoms with E-state index in [-0.39, 0.29) is 18.4 Å². The zero-order valence-electron chi connectivity index (χ0n) is 12.0. The quantitative estimate of drug-likeness (QED) is 0.734. The minimum absolute atomic E-state index is 0.0607. The van der Waals surface area contributed by atoms with Gasteiger partial charge in [0.05, 0.1) is 6.20 Å². The molecule has 0 aliphatic carbocycles. The Hall–Kier alpha value is -1.92. The van der Waals surface area contributed by atoms with E-state index in [0.29, 0.717) is 32.4 Å². The number of carboxylic acids is 1. The van der Waals surface area contributed by atoms with Crippen molar-refractivity contribution in [2.75, 3.05) is 6.54 Å². The fourth-order valence-electron chi connectivity index (χ4n) is 1.96. The predicted molar refractivity (Wildman–Crippen MR) is 73.0 cm³/mol. The molecule has 7 heteroatoms. The molecule has 0 aliphatic heterocycles. The molecule has 7 nitrogen and oxygen atoms in total. The maximum Gasteiger partial charge on any atom is 0.303 e. The van der Waals surface area contributed by atoms with Gasteiger partial charge in [0.15, 0.2) is 0 Å². The molecular weight excluding hydrogens is 260 g/mol. The molecule has 0 saturated heterocycles. The summed E-state index contributed by atoms with van der Waals surface area (Å²) in [6, 6.07) is 0.0858. The fourth-order valence-corrected chi connectivity index (χ4v) is 1.96. The molecule has 0 atom stereocenters. The summed E-state index contributed by atoms with van der Waals surface area (Å²) in [7, 11) is 0. The summed E-state index contributed by atoms with van der Waals surface area (Å²) in [6.45, 7) is 5.03. The third-order valence-corrected chi connectivity index (χ3v) is 2.98. The highest BCUT2D eigenvalue weighted by Crippen LogP contribution is 2.07. The Morgan fingerprint density at radius 3 is 2.60 bits per heavy atom. The van der Waals surface area contributed by atoms with E-state index in [4.69, 9.17) is 5.11 Å². The summed E-state index contributed by atoms with van der Waals surface area (Å²) in [5.41, 5.74) is 0. The summed E-state index contributed by atoms with van der Waals surface area (Å²) in [5.74, 6) is -0.766. The van der Waals surface area contributed by atoms with E-state index in [1.807, 2.05) is 13.8 Å². The van der Waals surface area contributed by atoms with Gasteiger partial charge in [-0.2, -0.15) is 0 Å². The smallest absolute Gasteiger partial charge is 0.303 e. The molecule has 20 heavy (non-hydrogen) atoms. The van der Waals surface area contributed by atoms with Crippen LogP contribution in [-0.2, 0) is 16.1 Å². The van der Waals surface area contributed by atoms with E-state index in [2.05, 4.69) is 10.3 Å². The number of hydrogen-bond acceptors (Lipinski definition) is 4. The molecule has 112 valence electrons. The van der Waals surface area contributed by atoms with Crippen molar-refractivity contribution >= 4 is 11.9 Å². The fraction of sp³-hybridized carbons (Fsp3) is 0.692. The van der Waals surface area contributed by atoms with Crippen molar-refractivity contribution in [1.29, 1.82) is 0 Å². The van der Waals surface area contributed by atoms with Gasteiger partial charge in [-0.3, -0.25) is 14.3 Å². The lowest BCUT2D eigenvalue weighted by Gasteiger charge is -2.26. The first-order valence-corrected chi connectivity index (χ1v) is 6.86. The minimum atomic E-state index is -0.827. The monoisotopic (exact) mass is 282 g/mol. The lowest BCUT2D eigenvalue weighted by Crippen LogP contribution is -2.37. The van der Waals surface area contributed by atoms with Gasteiger partial charge in [-0.1, -0.05) is 5.21 Å². The second-order valence-corrected chi connectivity index (χ2v) is 4.95. The van der Waals surface area contributed by atoms with Gasteiger partial charge < -0.3 is 10.0 Å². The van der Waals surface area contributed by atoms with Crippen LogP contribution in [0.2, 0.25) is 0 Å². The van der Waals surface area contributed by atoms with Crippen LogP contribution in [0.3, 0.4) is 0 Å². The number of amides is 1. The zero-order valence-corrected chi connectivity index (χ0v) is 12.0. The van der Waals surface area contributed by atoms with Crippen LogP contribution in [0.25, 0.3) is 0 Å². The van der Waals surface area contributed by atoms with E-state index in [1.54, 1.807) is 22.0 Å². The number of hydrogen-bond donors (Lipinski definition) is 1. The number of aromatic nitrogens is 3. The van der Waals surface area contributed by atoms with Crippen molar-refractivity contribution in [2.45, 2.75) is 52.1 Å². The van der Waals surface area contributed by atoms with Crippen molar-refractivity contribution in [1.82, 2.24) is 19.9 Å². The zero-order chi connectivity index (χ0) is 15.0. The van der Waals surface area contributed by atoms with Gasteiger partial charge in [0, 0.05) is 38.2 Å². The maximum atomic E-state index is 12.1. The SMILES string of the molecule is CC(C)N(CCCC(=O)O)C(=O)CCCn1ccnn1. The van der Waals surface area contributed by atoms with Crippen LogP contribution in [0.5, 0.6) is 0 Å². The third kappa shape index (κ3) is 5.81. The lowest BCUT2D eigenvalue weighted by atomic mass is 10.2. The largest absolute Gasteiger partial charge is 0.481 e. The molecule has 0 aromatic carbocycles. The van der Waals surface area contributed by atoms with Crippen LogP contribution < -0.4 is 0 Å². The van der Waals surface area contributed by atoms with Gasteiger partial charge in [0.2, 0.25) is 5.91 Å². The molecule has 1 heterocycles. The second-order valence-electron chi connectivity index (χ2n) is 4.95. The summed E-state index contributed by atoms with van der Waals surface area (Å²) in [4.78, 5) is 24.4. The number of carbonyl (C=O) groups is 2. The summed E-state index contributed by atoms with van der Waals surface area (Å²) >= 11 is 0. The van der Waals surface area contributed by atoms with E-state index >= 15 is 0 Å². The molecule has 0 radical (unpaired) electrons. The van der Waals surface area contributed by atoms with Crippen molar-refractivity contribution in [3.63, 3.8) is 0 Å². The highest BCUT2D eigenvalue weighted by molar-refractivity contribution is 5.76. The molecule has 0 spiro atoms. The van der Waals surface area contributed by atoms with Crippen molar-refractivity contribution < 1.29 is 14.7 Å². The molecule has 0 bridgehead atoms. The molecule has 0 aliphatic rings. The highest BCUT2D eigenvalue weighted by Gasteiger charge is 2.16. The van der Waals surface area contributed by atoms with Gasteiger partial charge >= 0.3 is 5.97 Å². The van der Waals surface area contributed by atoms with E-state index in [9.17, 15) is 9.59 Å². The number of aliphatic carboxylic acids is 1. The molecule has 1 amide bonds. The topological polar surface area (TPSA) is 88.3 Å². The second kappa shape index (κ2) is 8.29. The molecule has 1 aromatic heterocycles. The van der Waals surface area contributed by atoms with Gasteiger partial charge in [-0.25, -0.2) is 0 Å². The Labute approximate surface area is 118 Å². The van der Waals surface area contributed by atoms with Crippen LogP contribution in [-0.4, -0.2) is 49.5 Å². The lowest BCUT2D eigenvalue weighted by molar-refractivity contribution is -0.138. The molecule has 0 unspecified atom stereocenters. The normalized spacial score (nSPS) is 10.8. The van der Waals surface area contributed by atoms with Gasteiger partial charge in [-0.05, 0) is 26.7 Å². The predicted octanol–water partition coefficient (Wildman–Crippen LogP) is 1.16. The summed E-state index contributed by atoms with van der Waals surface area (Å²) in [6.07, 6.45) is 5.08. The van der Waals surface area contributed by atoms with Crippen molar-refractivity contribution in [2.24, 2.45) is 0 Å². The Bertz CT molecular complexity index is 417. The Morgan fingerprint density at radius 1 is 1.30 bits per heavy atom. The summed E-state index contributed by atoms with van der Waals surface area (Å²) < 4.78 is 1.69. The molecule has 1 aromatic rings. The number of carbonyl (C=O) groups excluding carboxylic acids is 1. The Balaban J connectivity index is 2.33. The highest BCUT2D eigenvalue weighted by atomic mass is 16.4. The first-order chi connectivity index (χ1) is 9.50. The number of nitrogens with zero attached hydrogens (tertiary/aromatic N) is 4. The standard InChI is InChI=1S/C13H22N4O3/c1-11(2)17(9-4-6-13(19)20)12(18)5-3-8-16-10-7-14-15-16/h7,10-11H,3-6,8-9H2,1-2H3,(H,19,20). The summed E-state index contributed by atoms with van der Waals surface area (Å²) in [5, 5.41) is 16.2. The third-order valence-electron chi connectivity index (χ3n) is 2.98. The van der Waals surface area contributed by atoms with Crippen molar-refractivity contribution in [3.05, 3.63) is 12.4 Å². The van der Waals surface area contributed by atoms with Gasteiger partial charge in [0.1, 0.15) is 0 Å². The van der Waals surface area contributed by atoms with Crippen LogP contribution in [0.1, 0.15) is 39.5 Å². The molecule has 1 rings (SSSR count). The first-order valence-electron chi connectivity index (χ1n) is 6.86. The van der Waals surface area contributed by atoms with E-state index in [1.165, 1.54) is 0 Å². The van der Waals surface area contributed by atoms with Crippen molar-refractivity contribution in [3.8, 4) is 0 Å². The number of rotatable bonds is 9. The molecule has 1 N–H and O–H groups in total. The van der Waals surface area contributed by atoms with Crippen LogP contribution in [0, 0.1) is 0 Å². The number of carboxylic acid groups (broad SMARTS) is 1. The molecular formula is C13H22N4O3. The average molecular weight is 282 g/mol. The molecule has 0 saturated carbocycles. The Kier molecular flexibility index (Phi) is 6.69. The van der Waals surface area contributed by atoms with E-state index in [0.717, 1.165) is 0 Å². The van der Waals surface area contributed by atoms with Crippen LogP contribution in [0.15, 0.2) is 12.4 Å². The van der Waals surface area contributed by atoms with E-state index < -0.39 is 5.97 Å². The minimum Gasteiger partial charge on any atom is -0.481 e. The number of aryl methyl sites for hydroxylation is 1. The Morgan fingerprint density at radius 2 is 2.05 bits per heavy atom. The van der Waals surface area contributed by atoms with Crippen LogP contribution in [0.4, 0.5) is 0 Å². The average Bonchev–Trinajstić information content (AvgIpc) is 2.86. The maximum absolute atomic E-state index is 12.1. The van der Waals surface area contributed by atoms with Crippen LogP contribution >= 0.6 is 0 Å². The van der Waals surface area contributed by atoms with Gasteiger partial charge in [-0.15, -0.1) is 5.10 Å². The first kappa shape index (κ1) is 16.1. The van der Waals surface area contributed by atoms with Gasteiger partial charge in [0.25, 0.3) is 0 Å². The molecule has 0 fully saturated rings.